The third kappa shape index (κ3) is 4.52. The smallest absolute Gasteiger partial charge is 0.251 e. The number of para-hydroxylation sites is 1. The number of hydrogen-bond donors (Lipinski definition) is 1. The van der Waals surface area contributed by atoms with Crippen molar-refractivity contribution < 1.29 is 9.53 Å². The molecule has 2 aromatic carbocycles. The van der Waals surface area contributed by atoms with Crippen LogP contribution in [0.4, 0.5) is 0 Å². The summed E-state index contributed by atoms with van der Waals surface area (Å²) in [6.07, 6.45) is 1.74. The number of nitrogens with zero attached hydrogens (tertiary/aromatic N) is 2. The number of nitrogens with one attached hydrogen (secondary N) is 1. The van der Waals surface area contributed by atoms with E-state index in [1.165, 1.54) is 0 Å². The molecule has 0 saturated carbocycles. The van der Waals surface area contributed by atoms with Crippen LogP contribution in [0.2, 0.25) is 0 Å². The Bertz CT molecular complexity index is 892. The number of aryl methyl sites for hydroxylation is 1. The molecule has 0 spiro atoms. The molecule has 1 amide bonds. The van der Waals surface area contributed by atoms with Gasteiger partial charge in [0.25, 0.3) is 5.91 Å². The zero-order valence-corrected chi connectivity index (χ0v) is 16.1. The fourth-order valence-electron chi connectivity index (χ4n) is 2.59. The summed E-state index contributed by atoms with van der Waals surface area (Å²) < 4.78 is 8.58. The van der Waals surface area contributed by atoms with Gasteiger partial charge >= 0.3 is 0 Å². The van der Waals surface area contributed by atoms with Crippen molar-refractivity contribution in [2.75, 3.05) is 0 Å². The molecule has 0 saturated heterocycles. The first-order chi connectivity index (χ1) is 12.7. The zero-order chi connectivity index (χ0) is 18.4. The van der Waals surface area contributed by atoms with E-state index in [0.29, 0.717) is 18.7 Å². The molecule has 1 heterocycles. The second-order valence-electron chi connectivity index (χ2n) is 5.74. The second-order valence-corrected chi connectivity index (χ2v) is 6.59. The average molecular weight is 414 g/mol. The third-order valence-corrected chi connectivity index (χ3v) is 4.61. The highest BCUT2D eigenvalue weighted by Gasteiger charge is 2.08. The maximum Gasteiger partial charge on any atom is 0.251 e. The van der Waals surface area contributed by atoms with Gasteiger partial charge in [-0.05, 0) is 58.7 Å². The van der Waals surface area contributed by atoms with Gasteiger partial charge in [0.05, 0.1) is 16.7 Å². The van der Waals surface area contributed by atoms with Gasteiger partial charge in [-0.1, -0.05) is 24.3 Å². The largest absolute Gasteiger partial charge is 0.488 e. The Morgan fingerprint density at radius 3 is 2.85 bits per heavy atom. The number of rotatable bonds is 7. The van der Waals surface area contributed by atoms with Gasteiger partial charge < -0.3 is 10.1 Å². The number of carbonyl (C=O) groups excluding carboxylic acids is 1. The van der Waals surface area contributed by atoms with Gasteiger partial charge in [0.1, 0.15) is 12.4 Å². The van der Waals surface area contributed by atoms with Crippen molar-refractivity contribution in [3.8, 4) is 5.75 Å². The van der Waals surface area contributed by atoms with Crippen molar-refractivity contribution in [3.63, 3.8) is 0 Å². The monoisotopic (exact) mass is 413 g/mol. The van der Waals surface area contributed by atoms with E-state index < -0.39 is 0 Å². The van der Waals surface area contributed by atoms with Crippen LogP contribution < -0.4 is 10.1 Å². The van der Waals surface area contributed by atoms with Crippen LogP contribution in [0.1, 0.15) is 28.5 Å². The molecule has 0 aliphatic carbocycles. The van der Waals surface area contributed by atoms with Gasteiger partial charge in [0.2, 0.25) is 0 Å². The van der Waals surface area contributed by atoms with E-state index in [0.717, 1.165) is 28.0 Å². The Hall–Kier alpha value is -2.60. The highest BCUT2D eigenvalue weighted by atomic mass is 79.9. The van der Waals surface area contributed by atoms with Gasteiger partial charge in [0.15, 0.2) is 0 Å². The summed E-state index contributed by atoms with van der Waals surface area (Å²) in [6, 6.07) is 17.1. The number of carbonyl (C=O) groups is 1. The van der Waals surface area contributed by atoms with Crippen molar-refractivity contribution in [2.24, 2.45) is 0 Å². The van der Waals surface area contributed by atoms with Gasteiger partial charge in [-0.2, -0.15) is 5.10 Å². The molecule has 0 unspecified atom stereocenters. The van der Waals surface area contributed by atoms with Gasteiger partial charge in [-0.25, -0.2) is 0 Å². The summed E-state index contributed by atoms with van der Waals surface area (Å²) in [4.78, 5) is 12.4. The van der Waals surface area contributed by atoms with Crippen LogP contribution in [0.25, 0.3) is 0 Å². The Morgan fingerprint density at radius 1 is 1.19 bits per heavy atom. The second kappa shape index (κ2) is 8.67. The molecule has 6 heteroatoms. The van der Waals surface area contributed by atoms with E-state index in [1.54, 1.807) is 12.3 Å². The first-order valence-corrected chi connectivity index (χ1v) is 9.22. The molecular formula is C20H20BrN3O2. The molecule has 1 N–H and O–H groups in total. The highest BCUT2D eigenvalue weighted by Crippen LogP contribution is 2.24. The molecular weight excluding hydrogens is 394 g/mol. The van der Waals surface area contributed by atoms with Crippen molar-refractivity contribution in [3.05, 3.63) is 82.1 Å². The van der Waals surface area contributed by atoms with Gasteiger partial charge in [-0.3, -0.25) is 9.48 Å². The number of benzene rings is 2. The molecule has 0 bridgehead atoms. The molecule has 1 aromatic heterocycles. The number of halogens is 1. The van der Waals surface area contributed by atoms with Crippen molar-refractivity contribution in [2.45, 2.75) is 26.6 Å². The average Bonchev–Trinajstić information content (AvgIpc) is 3.13. The van der Waals surface area contributed by atoms with Crippen molar-refractivity contribution in [1.82, 2.24) is 15.1 Å². The molecule has 5 nitrogen and oxygen atoms in total. The summed E-state index contributed by atoms with van der Waals surface area (Å²) in [5.74, 6) is 0.659. The van der Waals surface area contributed by atoms with E-state index in [1.807, 2.05) is 60.1 Å². The van der Waals surface area contributed by atoms with E-state index in [9.17, 15) is 4.79 Å². The number of ether oxygens (including phenoxy) is 1. The Balaban J connectivity index is 1.61. The van der Waals surface area contributed by atoms with Crippen LogP contribution in [0.15, 0.2) is 65.3 Å². The predicted molar refractivity (Wildman–Crippen MR) is 104 cm³/mol. The number of aromatic nitrogens is 2. The summed E-state index contributed by atoms with van der Waals surface area (Å²) in [5, 5.41) is 7.14. The normalized spacial score (nSPS) is 10.5. The number of hydrogen-bond acceptors (Lipinski definition) is 3. The quantitative estimate of drug-likeness (QED) is 0.631. The van der Waals surface area contributed by atoms with Crippen molar-refractivity contribution in [1.29, 1.82) is 0 Å². The molecule has 26 heavy (non-hydrogen) atoms. The lowest BCUT2D eigenvalue weighted by atomic mass is 10.1. The topological polar surface area (TPSA) is 56.2 Å². The van der Waals surface area contributed by atoms with E-state index in [-0.39, 0.29) is 5.91 Å². The third-order valence-electron chi connectivity index (χ3n) is 3.95. The minimum atomic E-state index is -0.114. The fraction of sp³-hybridized carbons (Fsp3) is 0.200. The summed E-state index contributed by atoms with van der Waals surface area (Å²) in [7, 11) is 0. The molecule has 3 aromatic rings. The molecule has 3 rings (SSSR count). The molecule has 0 aliphatic rings. The molecule has 0 fully saturated rings. The Kier molecular flexibility index (Phi) is 6.07. The molecule has 0 radical (unpaired) electrons. The standard InChI is InChI=1S/C20H20BrN3O2/c1-2-24-17(10-11-23-24)13-22-20(25)16-7-5-6-15(12-16)14-26-19-9-4-3-8-18(19)21/h3-12H,2,13-14H2,1H3,(H,22,25). The maximum atomic E-state index is 12.4. The van der Waals surface area contributed by atoms with Crippen molar-refractivity contribution >= 4 is 21.8 Å². The van der Waals surface area contributed by atoms with E-state index >= 15 is 0 Å². The minimum Gasteiger partial charge on any atom is -0.488 e. The summed E-state index contributed by atoms with van der Waals surface area (Å²) in [6.45, 7) is 3.64. The Labute approximate surface area is 161 Å². The fourth-order valence-corrected chi connectivity index (χ4v) is 2.99. The minimum absolute atomic E-state index is 0.114. The highest BCUT2D eigenvalue weighted by molar-refractivity contribution is 9.10. The SMILES string of the molecule is CCn1nccc1CNC(=O)c1cccc(COc2ccccc2Br)c1. The van der Waals surface area contributed by atoms with Crippen LogP contribution in [-0.4, -0.2) is 15.7 Å². The van der Waals surface area contributed by atoms with Crippen LogP contribution in [0.5, 0.6) is 5.75 Å². The van der Waals surface area contributed by atoms with Crippen LogP contribution in [0.3, 0.4) is 0 Å². The predicted octanol–water partition coefficient (Wildman–Crippen LogP) is 4.17. The summed E-state index contributed by atoms with van der Waals surface area (Å²) >= 11 is 3.46. The number of amides is 1. The lowest BCUT2D eigenvalue weighted by Crippen LogP contribution is -2.24. The lowest BCUT2D eigenvalue weighted by molar-refractivity contribution is 0.0949. The van der Waals surface area contributed by atoms with Crippen LogP contribution in [-0.2, 0) is 19.7 Å². The summed E-state index contributed by atoms with van der Waals surface area (Å²) in [5.41, 5.74) is 2.53. The van der Waals surface area contributed by atoms with Crippen LogP contribution in [0, 0.1) is 0 Å². The first kappa shape index (κ1) is 18.2. The first-order valence-electron chi connectivity index (χ1n) is 8.42. The van der Waals surface area contributed by atoms with E-state index in [4.69, 9.17) is 4.74 Å². The van der Waals surface area contributed by atoms with Gasteiger partial charge in [0, 0.05) is 18.3 Å². The molecule has 0 aliphatic heterocycles. The van der Waals surface area contributed by atoms with Crippen LogP contribution >= 0.6 is 15.9 Å². The maximum absolute atomic E-state index is 12.4. The molecule has 0 atom stereocenters. The Morgan fingerprint density at radius 2 is 2.04 bits per heavy atom. The lowest BCUT2D eigenvalue weighted by Gasteiger charge is -2.10. The zero-order valence-electron chi connectivity index (χ0n) is 14.5. The van der Waals surface area contributed by atoms with E-state index in [2.05, 4.69) is 26.3 Å². The molecule has 134 valence electrons. The van der Waals surface area contributed by atoms with Gasteiger partial charge in [-0.15, -0.1) is 0 Å².